The molecule has 0 amide bonds. The van der Waals surface area contributed by atoms with Crippen LogP contribution in [0.2, 0.25) is 0 Å². The van der Waals surface area contributed by atoms with Crippen LogP contribution in [0.15, 0.2) is 28.5 Å². The summed E-state index contributed by atoms with van der Waals surface area (Å²) in [5, 5.41) is 10.9. The van der Waals surface area contributed by atoms with Crippen molar-refractivity contribution in [3.05, 3.63) is 41.0 Å². The number of halogens is 1. The number of rotatable bonds is 2. The summed E-state index contributed by atoms with van der Waals surface area (Å²) in [7, 11) is -3.51. The van der Waals surface area contributed by atoms with Crippen LogP contribution in [-0.2, 0) is 22.7 Å². The summed E-state index contributed by atoms with van der Waals surface area (Å²) in [5.74, 6) is 0. The van der Waals surface area contributed by atoms with E-state index in [4.69, 9.17) is 0 Å². The first kappa shape index (κ1) is 16.1. The van der Waals surface area contributed by atoms with Crippen molar-refractivity contribution in [1.82, 2.24) is 0 Å². The number of nitrogens with zero attached hydrogens (tertiary/aromatic N) is 1. The van der Waals surface area contributed by atoms with Crippen molar-refractivity contribution in [3.63, 3.8) is 0 Å². The van der Waals surface area contributed by atoms with Crippen molar-refractivity contribution in [2.45, 2.75) is 35.7 Å². The van der Waals surface area contributed by atoms with Crippen LogP contribution < -0.4 is 4.90 Å². The van der Waals surface area contributed by atoms with Crippen molar-refractivity contribution in [2.24, 2.45) is 0 Å². The molecule has 7 heteroatoms. The van der Waals surface area contributed by atoms with E-state index in [-0.39, 0.29) is 16.2 Å². The first-order valence-corrected chi connectivity index (χ1v) is 10.6. The zero-order valence-electron chi connectivity index (χ0n) is 13.2. The molecule has 128 valence electrons. The topological polar surface area (TPSA) is 57.6 Å². The zero-order valence-corrected chi connectivity index (χ0v) is 14.8. The summed E-state index contributed by atoms with van der Waals surface area (Å²) in [6.45, 7) is 0.764. The molecule has 24 heavy (non-hydrogen) atoms. The third kappa shape index (κ3) is 2.37. The van der Waals surface area contributed by atoms with Gasteiger partial charge >= 0.3 is 0 Å². The normalized spacial score (nSPS) is 23.2. The molecule has 0 radical (unpaired) electrons. The van der Waals surface area contributed by atoms with E-state index in [0.717, 1.165) is 47.7 Å². The Hall–Kier alpha value is -1.44. The number of thiophene rings is 1. The maximum absolute atomic E-state index is 14.1. The second kappa shape index (κ2) is 5.54. The molecule has 1 aliphatic heterocycles. The average Bonchev–Trinajstić information content (AvgIpc) is 3.05. The van der Waals surface area contributed by atoms with Gasteiger partial charge in [-0.15, -0.1) is 11.3 Å². The van der Waals surface area contributed by atoms with Gasteiger partial charge in [0.05, 0.1) is 0 Å². The van der Waals surface area contributed by atoms with Crippen molar-refractivity contribution in [3.8, 4) is 0 Å². The highest BCUT2D eigenvalue weighted by Crippen LogP contribution is 2.51. The molecule has 1 aromatic carbocycles. The maximum atomic E-state index is 14.1. The van der Waals surface area contributed by atoms with E-state index in [1.807, 2.05) is 18.2 Å². The molecule has 2 atom stereocenters. The number of sulfone groups is 1. The van der Waals surface area contributed by atoms with Gasteiger partial charge in [0.25, 0.3) is 0 Å². The predicted octanol–water partition coefficient (Wildman–Crippen LogP) is 3.16. The molecular formula is C17H18FNO3S2. The van der Waals surface area contributed by atoms with Crippen LogP contribution >= 0.6 is 11.3 Å². The van der Waals surface area contributed by atoms with Gasteiger partial charge < -0.3 is 10.0 Å². The molecule has 4 rings (SSSR count). The highest BCUT2D eigenvalue weighted by atomic mass is 32.2. The van der Waals surface area contributed by atoms with Crippen LogP contribution in [-0.4, -0.2) is 32.5 Å². The highest BCUT2D eigenvalue weighted by Gasteiger charge is 2.41. The molecule has 1 aliphatic carbocycles. The Balaban J connectivity index is 1.92. The Kier molecular flexibility index (Phi) is 3.71. The fraction of sp³-hybridized carbons (Fsp3) is 0.412. The second-order valence-corrected chi connectivity index (χ2v) is 9.62. The van der Waals surface area contributed by atoms with E-state index >= 15 is 0 Å². The second-order valence-electron chi connectivity index (χ2n) is 6.41. The van der Waals surface area contributed by atoms with Gasteiger partial charge in [0.2, 0.25) is 0 Å². The Morgan fingerprint density at radius 2 is 2.08 bits per heavy atom. The molecule has 0 fully saturated rings. The number of alkyl halides is 1. The lowest BCUT2D eigenvalue weighted by molar-refractivity contribution is 0.0910. The van der Waals surface area contributed by atoms with Gasteiger partial charge in [-0.2, -0.15) is 0 Å². The number of aliphatic hydroxyl groups excluding tert-OH is 1. The van der Waals surface area contributed by atoms with Crippen molar-refractivity contribution < 1.29 is 17.9 Å². The van der Waals surface area contributed by atoms with Gasteiger partial charge in [0.1, 0.15) is 21.5 Å². The minimum absolute atomic E-state index is 0.0660. The Morgan fingerprint density at radius 3 is 2.83 bits per heavy atom. The predicted molar refractivity (Wildman–Crippen MR) is 92.8 cm³/mol. The molecule has 2 heterocycles. The first-order valence-electron chi connectivity index (χ1n) is 7.91. The Bertz CT molecular complexity index is 907. The van der Waals surface area contributed by atoms with E-state index < -0.39 is 22.1 Å². The standard InChI is InChI=1S/C17H18FNO3S2/c1-24(21,22)17-14-11(9-12(18)15(14)20)16(23-17)19-8-4-6-10-5-2-3-7-13(10)19/h2-3,5,7,12,15,20H,4,6,8-9H2,1H3/t12-,15-/m1/s1. The molecule has 2 aliphatic rings. The van der Waals surface area contributed by atoms with Crippen molar-refractivity contribution >= 4 is 31.9 Å². The molecule has 0 bridgehead atoms. The van der Waals surface area contributed by atoms with E-state index in [9.17, 15) is 17.9 Å². The van der Waals surface area contributed by atoms with Crippen LogP contribution in [0.3, 0.4) is 0 Å². The SMILES string of the molecule is CS(=O)(=O)c1sc(N2CCCc3ccccc32)c2c1[C@H](O)[C@H](F)C2. The number of anilines is 2. The van der Waals surface area contributed by atoms with Crippen LogP contribution in [0.4, 0.5) is 15.1 Å². The van der Waals surface area contributed by atoms with E-state index in [1.165, 1.54) is 5.56 Å². The Morgan fingerprint density at radius 1 is 1.33 bits per heavy atom. The number of aliphatic hydroxyl groups is 1. The molecule has 0 spiro atoms. The smallest absolute Gasteiger partial charge is 0.185 e. The summed E-state index contributed by atoms with van der Waals surface area (Å²) >= 11 is 1.16. The number of benzene rings is 1. The zero-order chi connectivity index (χ0) is 17.1. The van der Waals surface area contributed by atoms with Crippen LogP contribution in [0.5, 0.6) is 0 Å². The summed E-state index contributed by atoms with van der Waals surface area (Å²) in [4.78, 5) is 2.09. The minimum atomic E-state index is -3.51. The molecular weight excluding hydrogens is 349 g/mol. The summed E-state index contributed by atoms with van der Waals surface area (Å²) in [6, 6.07) is 8.03. The van der Waals surface area contributed by atoms with Gasteiger partial charge in [-0.05, 0) is 30.0 Å². The molecule has 0 unspecified atom stereocenters. The molecule has 0 saturated carbocycles. The summed E-state index contributed by atoms with van der Waals surface area (Å²) in [5.41, 5.74) is 3.18. The fourth-order valence-electron chi connectivity index (χ4n) is 3.66. The monoisotopic (exact) mass is 367 g/mol. The van der Waals surface area contributed by atoms with Gasteiger partial charge in [0, 0.05) is 30.5 Å². The fourth-order valence-corrected chi connectivity index (χ4v) is 6.30. The number of hydrogen-bond acceptors (Lipinski definition) is 5. The van der Waals surface area contributed by atoms with Gasteiger partial charge in [-0.25, -0.2) is 12.8 Å². The molecule has 4 nitrogen and oxygen atoms in total. The van der Waals surface area contributed by atoms with E-state index in [0.29, 0.717) is 5.56 Å². The highest BCUT2D eigenvalue weighted by molar-refractivity contribution is 7.92. The molecule has 1 aromatic heterocycles. The van der Waals surface area contributed by atoms with Crippen LogP contribution in [0, 0.1) is 0 Å². The number of fused-ring (bicyclic) bond motifs is 2. The maximum Gasteiger partial charge on any atom is 0.185 e. The average molecular weight is 367 g/mol. The third-order valence-electron chi connectivity index (χ3n) is 4.72. The van der Waals surface area contributed by atoms with Gasteiger partial charge in [-0.1, -0.05) is 18.2 Å². The molecule has 2 aromatic rings. The summed E-state index contributed by atoms with van der Waals surface area (Å²) in [6.07, 6.45) is 0.326. The minimum Gasteiger partial charge on any atom is -0.385 e. The number of aryl methyl sites for hydroxylation is 1. The van der Waals surface area contributed by atoms with Gasteiger partial charge in [-0.3, -0.25) is 0 Å². The quantitative estimate of drug-likeness (QED) is 0.886. The molecule has 0 saturated heterocycles. The molecule has 1 N–H and O–H groups in total. The van der Waals surface area contributed by atoms with Crippen LogP contribution in [0.25, 0.3) is 0 Å². The van der Waals surface area contributed by atoms with Crippen molar-refractivity contribution in [1.29, 1.82) is 0 Å². The van der Waals surface area contributed by atoms with Crippen molar-refractivity contribution in [2.75, 3.05) is 17.7 Å². The van der Waals surface area contributed by atoms with E-state index in [2.05, 4.69) is 11.0 Å². The van der Waals surface area contributed by atoms with Crippen LogP contribution in [0.1, 0.15) is 29.2 Å². The Labute approximate surface area is 144 Å². The van der Waals surface area contributed by atoms with Gasteiger partial charge in [0.15, 0.2) is 9.84 Å². The third-order valence-corrected chi connectivity index (χ3v) is 7.84. The lowest BCUT2D eigenvalue weighted by Gasteiger charge is -2.31. The lowest BCUT2D eigenvalue weighted by Crippen LogP contribution is -2.24. The number of para-hydroxylation sites is 1. The van der Waals surface area contributed by atoms with E-state index in [1.54, 1.807) is 0 Å². The lowest BCUT2D eigenvalue weighted by atomic mass is 10.0. The summed E-state index contributed by atoms with van der Waals surface area (Å²) < 4.78 is 38.5. The first-order chi connectivity index (χ1) is 11.4. The number of hydrogen-bond donors (Lipinski definition) is 1. The largest absolute Gasteiger partial charge is 0.385 e.